The van der Waals surface area contributed by atoms with Gasteiger partial charge in [0.2, 0.25) is 5.91 Å². The first-order valence-corrected chi connectivity index (χ1v) is 10.0. The van der Waals surface area contributed by atoms with Crippen molar-refractivity contribution in [3.8, 4) is 5.75 Å². The first-order chi connectivity index (χ1) is 14.0. The van der Waals surface area contributed by atoms with Crippen LogP contribution in [0.4, 0.5) is 11.4 Å². The number of benzene rings is 2. The third-order valence-electron chi connectivity index (χ3n) is 5.31. The van der Waals surface area contributed by atoms with Crippen LogP contribution in [0.1, 0.15) is 38.3 Å². The number of hydrogen-bond acceptors (Lipinski definition) is 5. The molecule has 0 bridgehead atoms. The number of nitro benzene ring substituents is 1. The van der Waals surface area contributed by atoms with Crippen molar-refractivity contribution in [1.82, 2.24) is 5.32 Å². The molecule has 0 spiro atoms. The lowest BCUT2D eigenvalue weighted by molar-refractivity contribution is -0.384. The minimum Gasteiger partial charge on any atom is -0.494 e. The summed E-state index contributed by atoms with van der Waals surface area (Å²) in [4.78, 5) is 25.6. The van der Waals surface area contributed by atoms with E-state index in [9.17, 15) is 14.9 Å². The molecule has 0 aromatic heterocycles. The Hall–Kier alpha value is -3.09. The van der Waals surface area contributed by atoms with Crippen molar-refractivity contribution >= 4 is 17.3 Å². The SMILES string of the molecule is CCOc1cccc(C(C)NC(=O)C2CCN(c3ccccc3[N+](=O)[O-])CC2)c1. The highest BCUT2D eigenvalue weighted by molar-refractivity contribution is 5.79. The van der Waals surface area contributed by atoms with Gasteiger partial charge in [-0.15, -0.1) is 0 Å². The highest BCUT2D eigenvalue weighted by Crippen LogP contribution is 2.31. The quantitative estimate of drug-likeness (QED) is 0.562. The molecule has 1 N–H and O–H groups in total. The van der Waals surface area contributed by atoms with Crippen LogP contribution < -0.4 is 15.0 Å². The maximum absolute atomic E-state index is 12.7. The molecule has 1 atom stereocenters. The highest BCUT2D eigenvalue weighted by Gasteiger charge is 2.28. The normalized spacial score (nSPS) is 15.6. The number of hydrogen-bond donors (Lipinski definition) is 1. The minimum absolute atomic E-state index is 0.0292. The number of nitrogens with zero attached hydrogens (tertiary/aromatic N) is 2. The zero-order valence-corrected chi connectivity index (χ0v) is 16.8. The van der Waals surface area contributed by atoms with E-state index in [1.54, 1.807) is 18.2 Å². The largest absolute Gasteiger partial charge is 0.494 e. The number of anilines is 1. The Morgan fingerprint density at radius 1 is 1.24 bits per heavy atom. The molecule has 1 amide bonds. The Morgan fingerprint density at radius 2 is 1.97 bits per heavy atom. The third-order valence-corrected chi connectivity index (χ3v) is 5.31. The van der Waals surface area contributed by atoms with Crippen molar-refractivity contribution in [3.05, 3.63) is 64.2 Å². The topological polar surface area (TPSA) is 84.7 Å². The van der Waals surface area contributed by atoms with Crippen LogP contribution in [0.3, 0.4) is 0 Å². The molecule has 7 heteroatoms. The lowest BCUT2D eigenvalue weighted by atomic mass is 9.94. The molecule has 1 aliphatic rings. The van der Waals surface area contributed by atoms with Gasteiger partial charge >= 0.3 is 0 Å². The summed E-state index contributed by atoms with van der Waals surface area (Å²) < 4.78 is 5.53. The van der Waals surface area contributed by atoms with Crippen LogP contribution in [-0.4, -0.2) is 30.5 Å². The molecule has 1 heterocycles. The number of para-hydroxylation sites is 2. The van der Waals surface area contributed by atoms with Gasteiger partial charge in [-0.05, 0) is 50.5 Å². The Kier molecular flexibility index (Phi) is 6.69. The van der Waals surface area contributed by atoms with Crippen LogP contribution in [0.25, 0.3) is 0 Å². The Labute approximate surface area is 170 Å². The van der Waals surface area contributed by atoms with E-state index in [1.165, 1.54) is 6.07 Å². The fraction of sp³-hybridized carbons (Fsp3) is 0.409. The van der Waals surface area contributed by atoms with Gasteiger partial charge in [0.15, 0.2) is 0 Å². The predicted octanol–water partition coefficient (Wildman–Crippen LogP) is 4.09. The molecule has 154 valence electrons. The monoisotopic (exact) mass is 397 g/mol. The van der Waals surface area contributed by atoms with Gasteiger partial charge < -0.3 is 15.0 Å². The van der Waals surface area contributed by atoms with E-state index >= 15 is 0 Å². The Balaban J connectivity index is 1.58. The average molecular weight is 397 g/mol. The van der Waals surface area contributed by atoms with Gasteiger partial charge in [-0.25, -0.2) is 0 Å². The van der Waals surface area contributed by atoms with Gasteiger partial charge in [0.1, 0.15) is 11.4 Å². The van der Waals surface area contributed by atoms with E-state index in [-0.39, 0.29) is 28.5 Å². The molecule has 1 fully saturated rings. The zero-order chi connectivity index (χ0) is 20.8. The zero-order valence-electron chi connectivity index (χ0n) is 16.8. The molecule has 29 heavy (non-hydrogen) atoms. The number of carbonyl (C=O) groups excluding carboxylic acids is 1. The van der Waals surface area contributed by atoms with Gasteiger partial charge in [-0.2, -0.15) is 0 Å². The number of carbonyl (C=O) groups is 1. The van der Waals surface area contributed by atoms with E-state index in [1.807, 2.05) is 43.0 Å². The molecule has 1 saturated heterocycles. The number of ether oxygens (including phenoxy) is 1. The van der Waals surface area contributed by atoms with Crippen LogP contribution >= 0.6 is 0 Å². The molecule has 3 rings (SSSR count). The van der Waals surface area contributed by atoms with E-state index in [2.05, 4.69) is 5.32 Å². The van der Waals surface area contributed by atoms with Gasteiger partial charge in [-0.3, -0.25) is 14.9 Å². The predicted molar refractivity (Wildman–Crippen MR) is 112 cm³/mol. The van der Waals surface area contributed by atoms with Gasteiger partial charge in [0.25, 0.3) is 5.69 Å². The van der Waals surface area contributed by atoms with E-state index in [0.717, 1.165) is 11.3 Å². The molecule has 2 aromatic carbocycles. The van der Waals surface area contributed by atoms with E-state index in [0.29, 0.717) is 38.2 Å². The first-order valence-electron chi connectivity index (χ1n) is 10.0. The first kappa shape index (κ1) is 20.6. The number of nitro groups is 1. The summed E-state index contributed by atoms with van der Waals surface area (Å²) in [7, 11) is 0. The number of rotatable bonds is 7. The summed E-state index contributed by atoms with van der Waals surface area (Å²) in [5.74, 6) is 0.733. The summed E-state index contributed by atoms with van der Waals surface area (Å²) in [6, 6.07) is 14.4. The van der Waals surface area contributed by atoms with Crippen LogP contribution in [0.2, 0.25) is 0 Å². The molecule has 0 saturated carbocycles. The number of piperidine rings is 1. The van der Waals surface area contributed by atoms with Crippen molar-refractivity contribution in [2.75, 3.05) is 24.6 Å². The molecule has 0 radical (unpaired) electrons. The van der Waals surface area contributed by atoms with Crippen LogP contribution in [0.15, 0.2) is 48.5 Å². The number of nitrogens with one attached hydrogen (secondary N) is 1. The van der Waals surface area contributed by atoms with Gasteiger partial charge in [0, 0.05) is 25.1 Å². The third kappa shape index (κ3) is 5.04. The maximum atomic E-state index is 12.7. The van der Waals surface area contributed by atoms with Crippen molar-refractivity contribution < 1.29 is 14.5 Å². The summed E-state index contributed by atoms with van der Waals surface area (Å²) in [5.41, 5.74) is 1.73. The van der Waals surface area contributed by atoms with Crippen LogP contribution in [0.5, 0.6) is 5.75 Å². The van der Waals surface area contributed by atoms with E-state index < -0.39 is 0 Å². The average Bonchev–Trinajstić information content (AvgIpc) is 2.74. The molecule has 0 aliphatic carbocycles. The second-order valence-corrected chi connectivity index (χ2v) is 7.24. The summed E-state index contributed by atoms with van der Waals surface area (Å²) in [6.07, 6.45) is 1.34. The van der Waals surface area contributed by atoms with Crippen molar-refractivity contribution in [3.63, 3.8) is 0 Å². The van der Waals surface area contributed by atoms with Crippen LogP contribution in [0, 0.1) is 16.0 Å². The van der Waals surface area contributed by atoms with Crippen molar-refractivity contribution in [2.24, 2.45) is 5.92 Å². The van der Waals surface area contributed by atoms with Crippen LogP contribution in [-0.2, 0) is 4.79 Å². The fourth-order valence-electron chi connectivity index (χ4n) is 3.72. The van der Waals surface area contributed by atoms with Crippen molar-refractivity contribution in [2.45, 2.75) is 32.7 Å². The van der Waals surface area contributed by atoms with Gasteiger partial charge in [-0.1, -0.05) is 24.3 Å². The summed E-state index contributed by atoms with van der Waals surface area (Å²) in [5, 5.41) is 14.4. The molecular weight excluding hydrogens is 370 g/mol. The summed E-state index contributed by atoms with van der Waals surface area (Å²) in [6.45, 7) is 5.75. The van der Waals surface area contributed by atoms with Crippen molar-refractivity contribution in [1.29, 1.82) is 0 Å². The molecule has 1 aliphatic heterocycles. The van der Waals surface area contributed by atoms with Gasteiger partial charge in [0.05, 0.1) is 17.6 Å². The molecule has 1 unspecified atom stereocenters. The number of amides is 1. The highest BCUT2D eigenvalue weighted by atomic mass is 16.6. The second-order valence-electron chi connectivity index (χ2n) is 7.24. The lowest BCUT2D eigenvalue weighted by Gasteiger charge is -2.33. The molecule has 7 nitrogen and oxygen atoms in total. The molecule has 2 aromatic rings. The lowest BCUT2D eigenvalue weighted by Crippen LogP contribution is -2.41. The minimum atomic E-state index is -0.355. The second kappa shape index (κ2) is 9.41. The van der Waals surface area contributed by atoms with E-state index in [4.69, 9.17) is 4.74 Å². The standard InChI is InChI=1S/C22H27N3O4/c1-3-29-19-8-6-7-18(15-19)16(2)23-22(26)17-11-13-24(14-12-17)20-9-4-5-10-21(20)25(27)28/h4-10,15-17H,3,11-14H2,1-2H3,(H,23,26). The maximum Gasteiger partial charge on any atom is 0.292 e. The fourth-order valence-corrected chi connectivity index (χ4v) is 3.72. The Morgan fingerprint density at radius 3 is 2.66 bits per heavy atom. The molecular formula is C22H27N3O4. The smallest absolute Gasteiger partial charge is 0.292 e. The Bertz CT molecular complexity index is 863. The summed E-state index contributed by atoms with van der Waals surface area (Å²) >= 11 is 0.